The van der Waals surface area contributed by atoms with Crippen molar-refractivity contribution in [2.75, 3.05) is 13.7 Å². The van der Waals surface area contributed by atoms with E-state index in [2.05, 4.69) is 39.7 Å². The summed E-state index contributed by atoms with van der Waals surface area (Å²) in [6.45, 7) is 0.940. The first-order chi connectivity index (χ1) is 8.72. The summed E-state index contributed by atoms with van der Waals surface area (Å²) in [7, 11) is 2.08. The third kappa shape index (κ3) is 2.40. The monoisotopic (exact) mass is 329 g/mol. The predicted molar refractivity (Wildman–Crippen MR) is 79.1 cm³/mol. The number of ether oxygens (including phenoxy) is 1. The first-order valence-corrected chi connectivity index (χ1v) is 8.45. The minimum atomic E-state index is 0.243. The molecule has 0 bridgehead atoms. The summed E-state index contributed by atoms with van der Waals surface area (Å²) in [5.74, 6) is 0.717. The number of rotatable bonds is 3. The van der Waals surface area contributed by atoms with Gasteiger partial charge in [0.25, 0.3) is 0 Å². The Morgan fingerprint density at radius 2 is 2.39 bits per heavy atom. The van der Waals surface area contributed by atoms with Crippen molar-refractivity contribution in [1.82, 2.24) is 5.32 Å². The number of nitrogens with one attached hydrogen (secondary N) is 1. The topological polar surface area (TPSA) is 21.3 Å². The van der Waals surface area contributed by atoms with Gasteiger partial charge < -0.3 is 10.1 Å². The van der Waals surface area contributed by atoms with Crippen molar-refractivity contribution in [3.8, 4) is 0 Å². The molecule has 3 rings (SSSR count). The Balaban J connectivity index is 1.75. The Morgan fingerprint density at radius 3 is 2.94 bits per heavy atom. The van der Waals surface area contributed by atoms with Crippen LogP contribution < -0.4 is 5.32 Å². The van der Waals surface area contributed by atoms with Gasteiger partial charge in [-0.05, 0) is 67.1 Å². The molecule has 0 aromatic carbocycles. The van der Waals surface area contributed by atoms with Crippen LogP contribution in [0.3, 0.4) is 0 Å². The average molecular weight is 330 g/mol. The fraction of sp³-hybridized carbons (Fsp3) is 0.714. The second-order valence-corrected chi connectivity index (χ2v) is 7.43. The first-order valence-electron chi connectivity index (χ1n) is 6.78. The van der Waals surface area contributed by atoms with E-state index in [1.54, 1.807) is 0 Å². The molecule has 1 N–H and O–H groups in total. The second kappa shape index (κ2) is 5.23. The summed E-state index contributed by atoms with van der Waals surface area (Å²) in [4.78, 5) is 1.45. The van der Waals surface area contributed by atoms with Crippen molar-refractivity contribution in [3.63, 3.8) is 0 Å². The molecular formula is C14H20BrNOS. The summed E-state index contributed by atoms with van der Waals surface area (Å²) in [5, 5.41) is 5.70. The van der Waals surface area contributed by atoms with Gasteiger partial charge in [0, 0.05) is 27.4 Å². The third-order valence-electron chi connectivity index (χ3n) is 4.47. The molecule has 1 aromatic heterocycles. The molecule has 0 amide bonds. The van der Waals surface area contributed by atoms with Crippen molar-refractivity contribution in [1.29, 1.82) is 0 Å². The van der Waals surface area contributed by atoms with E-state index in [1.165, 1.54) is 41.5 Å². The fourth-order valence-corrected chi connectivity index (χ4v) is 5.02. The lowest BCUT2D eigenvalue weighted by atomic mass is 9.70. The standard InChI is InChI=1S/C14H20BrNOS/c1-16-13(12-7-11(15)9-18-12)10-3-6-17-14(8-10)4-2-5-14/h7,9-10,13,16H,2-6,8H2,1H3. The van der Waals surface area contributed by atoms with Gasteiger partial charge in [0.2, 0.25) is 0 Å². The van der Waals surface area contributed by atoms with Crippen LogP contribution in [-0.4, -0.2) is 19.3 Å². The number of hydrogen-bond acceptors (Lipinski definition) is 3. The van der Waals surface area contributed by atoms with E-state index < -0.39 is 0 Å². The zero-order chi connectivity index (χ0) is 12.6. The Hall–Kier alpha value is 0.1000. The molecule has 2 fully saturated rings. The van der Waals surface area contributed by atoms with Gasteiger partial charge in [-0.15, -0.1) is 11.3 Å². The van der Waals surface area contributed by atoms with E-state index in [9.17, 15) is 0 Å². The van der Waals surface area contributed by atoms with E-state index in [4.69, 9.17) is 4.74 Å². The number of thiophene rings is 1. The van der Waals surface area contributed by atoms with Crippen LogP contribution in [0.4, 0.5) is 0 Å². The molecule has 2 unspecified atom stereocenters. The van der Waals surface area contributed by atoms with E-state index in [0.29, 0.717) is 6.04 Å². The van der Waals surface area contributed by atoms with Gasteiger partial charge in [0.15, 0.2) is 0 Å². The molecule has 1 spiro atoms. The minimum absolute atomic E-state index is 0.243. The quantitative estimate of drug-likeness (QED) is 0.900. The molecule has 0 radical (unpaired) electrons. The van der Waals surface area contributed by atoms with Gasteiger partial charge in [-0.25, -0.2) is 0 Å². The molecule has 18 heavy (non-hydrogen) atoms. The molecule has 4 heteroatoms. The summed E-state index contributed by atoms with van der Waals surface area (Å²) in [5.41, 5.74) is 0.243. The summed E-state index contributed by atoms with van der Waals surface area (Å²) in [6, 6.07) is 2.75. The molecule has 1 saturated heterocycles. The third-order valence-corrected chi connectivity index (χ3v) is 6.25. The Morgan fingerprint density at radius 1 is 1.56 bits per heavy atom. The van der Waals surface area contributed by atoms with Crippen LogP contribution >= 0.6 is 27.3 Å². The van der Waals surface area contributed by atoms with Crippen LogP contribution in [0, 0.1) is 5.92 Å². The highest BCUT2D eigenvalue weighted by Crippen LogP contribution is 2.47. The van der Waals surface area contributed by atoms with E-state index in [0.717, 1.165) is 12.5 Å². The van der Waals surface area contributed by atoms with Gasteiger partial charge in [-0.2, -0.15) is 0 Å². The SMILES string of the molecule is CNC(c1cc(Br)cs1)C1CCOC2(CCC2)C1. The fourth-order valence-electron chi connectivity index (χ4n) is 3.37. The maximum Gasteiger partial charge on any atom is 0.0686 e. The van der Waals surface area contributed by atoms with E-state index in [-0.39, 0.29) is 5.60 Å². The van der Waals surface area contributed by atoms with Crippen LogP contribution in [-0.2, 0) is 4.74 Å². The molecule has 1 aromatic rings. The molecule has 2 heterocycles. The van der Waals surface area contributed by atoms with Crippen molar-refractivity contribution in [2.24, 2.45) is 5.92 Å². The average Bonchev–Trinajstić information content (AvgIpc) is 2.75. The zero-order valence-corrected chi connectivity index (χ0v) is 13.1. The summed E-state index contributed by atoms with van der Waals surface area (Å²) < 4.78 is 7.24. The highest BCUT2D eigenvalue weighted by molar-refractivity contribution is 9.10. The molecular weight excluding hydrogens is 310 g/mol. The molecule has 1 saturated carbocycles. The smallest absolute Gasteiger partial charge is 0.0686 e. The minimum Gasteiger partial charge on any atom is -0.375 e. The Kier molecular flexibility index (Phi) is 3.81. The van der Waals surface area contributed by atoms with E-state index >= 15 is 0 Å². The van der Waals surface area contributed by atoms with Gasteiger partial charge in [-0.1, -0.05) is 0 Å². The molecule has 2 nitrogen and oxygen atoms in total. The first kappa shape index (κ1) is 13.1. The number of hydrogen-bond donors (Lipinski definition) is 1. The van der Waals surface area contributed by atoms with Gasteiger partial charge in [0.05, 0.1) is 5.60 Å². The molecule has 1 aliphatic heterocycles. The second-order valence-electron chi connectivity index (χ2n) is 5.57. The van der Waals surface area contributed by atoms with Crippen molar-refractivity contribution in [3.05, 3.63) is 20.8 Å². The molecule has 1 aliphatic carbocycles. The van der Waals surface area contributed by atoms with Crippen LogP contribution in [0.15, 0.2) is 15.9 Å². The van der Waals surface area contributed by atoms with Crippen molar-refractivity contribution < 1.29 is 4.74 Å². The van der Waals surface area contributed by atoms with Gasteiger partial charge in [0.1, 0.15) is 0 Å². The van der Waals surface area contributed by atoms with Crippen molar-refractivity contribution in [2.45, 2.75) is 43.7 Å². The predicted octanol–water partition coefficient (Wildman–Crippen LogP) is 4.12. The lowest BCUT2D eigenvalue weighted by molar-refractivity contribution is -0.147. The number of halogens is 1. The van der Waals surface area contributed by atoms with Crippen LogP contribution in [0.1, 0.15) is 43.0 Å². The Labute approximate surface area is 121 Å². The molecule has 100 valence electrons. The van der Waals surface area contributed by atoms with E-state index in [1.807, 2.05) is 11.3 Å². The Bertz CT molecular complexity index is 416. The molecule has 2 atom stereocenters. The van der Waals surface area contributed by atoms with Crippen LogP contribution in [0.5, 0.6) is 0 Å². The normalized spacial score (nSPS) is 28.0. The highest BCUT2D eigenvalue weighted by Gasteiger charge is 2.44. The van der Waals surface area contributed by atoms with Crippen LogP contribution in [0.2, 0.25) is 0 Å². The van der Waals surface area contributed by atoms with Crippen molar-refractivity contribution >= 4 is 27.3 Å². The summed E-state index contributed by atoms with van der Waals surface area (Å²) >= 11 is 5.41. The lowest BCUT2D eigenvalue weighted by Gasteiger charge is -2.48. The molecule has 2 aliphatic rings. The largest absolute Gasteiger partial charge is 0.375 e. The summed E-state index contributed by atoms with van der Waals surface area (Å²) in [6.07, 6.45) is 6.31. The van der Waals surface area contributed by atoms with Gasteiger partial charge >= 0.3 is 0 Å². The zero-order valence-electron chi connectivity index (χ0n) is 10.7. The maximum atomic E-state index is 6.03. The maximum absolute atomic E-state index is 6.03. The lowest BCUT2D eigenvalue weighted by Crippen LogP contribution is -2.47. The van der Waals surface area contributed by atoms with Gasteiger partial charge in [-0.3, -0.25) is 0 Å². The highest BCUT2D eigenvalue weighted by atomic mass is 79.9. The van der Waals surface area contributed by atoms with Crippen LogP contribution in [0.25, 0.3) is 0 Å².